The number of hydrogen-bond donors (Lipinski definition) is 2. The average molecular weight is 393 g/mol. The van der Waals surface area contributed by atoms with Gasteiger partial charge in [-0.15, -0.1) is 11.8 Å². The molecule has 26 heavy (non-hydrogen) atoms. The van der Waals surface area contributed by atoms with Crippen LogP contribution in [0.5, 0.6) is 0 Å². The minimum Gasteiger partial charge on any atom is -0.321 e. The van der Waals surface area contributed by atoms with Gasteiger partial charge in [0.25, 0.3) is 5.91 Å². The molecule has 0 aliphatic heterocycles. The number of sulfonamides is 1. The van der Waals surface area contributed by atoms with E-state index in [0.717, 1.165) is 4.90 Å². The van der Waals surface area contributed by atoms with Crippen molar-refractivity contribution >= 4 is 33.4 Å². The second-order valence-corrected chi connectivity index (χ2v) is 9.52. The van der Waals surface area contributed by atoms with E-state index in [9.17, 15) is 13.2 Å². The summed E-state index contributed by atoms with van der Waals surface area (Å²) in [6.45, 7) is 7.09. The monoisotopic (exact) mass is 392 g/mol. The molecule has 2 N–H and O–H groups in total. The van der Waals surface area contributed by atoms with E-state index in [2.05, 4.69) is 10.0 Å². The van der Waals surface area contributed by atoms with Crippen molar-refractivity contribution in [3.05, 3.63) is 53.6 Å². The fraction of sp³-hybridized carbons (Fsp3) is 0.316. The van der Waals surface area contributed by atoms with E-state index in [4.69, 9.17) is 0 Å². The number of thioether (sulfide) groups is 1. The second kappa shape index (κ2) is 7.82. The molecular weight excluding hydrogens is 368 g/mol. The van der Waals surface area contributed by atoms with E-state index in [1.54, 1.807) is 33.8 Å². The zero-order valence-electron chi connectivity index (χ0n) is 15.6. The van der Waals surface area contributed by atoms with Gasteiger partial charge in [0, 0.05) is 16.0 Å². The maximum absolute atomic E-state index is 12.7. The van der Waals surface area contributed by atoms with E-state index in [0.29, 0.717) is 16.8 Å². The minimum absolute atomic E-state index is 0.0707. The molecule has 1 amide bonds. The Hall–Kier alpha value is -1.83. The van der Waals surface area contributed by atoms with Gasteiger partial charge in [-0.25, -0.2) is 13.1 Å². The molecule has 0 aliphatic carbocycles. The molecule has 5 nitrogen and oxygen atoms in total. The third-order valence-corrected chi connectivity index (χ3v) is 6.11. The number of nitrogens with one attached hydrogen (secondary N) is 2. The van der Waals surface area contributed by atoms with Crippen molar-refractivity contribution in [3.63, 3.8) is 0 Å². The molecule has 2 aromatic carbocycles. The van der Waals surface area contributed by atoms with Crippen molar-refractivity contribution < 1.29 is 13.2 Å². The summed E-state index contributed by atoms with van der Waals surface area (Å²) in [4.78, 5) is 13.7. The third-order valence-electron chi connectivity index (χ3n) is 3.56. The van der Waals surface area contributed by atoms with E-state index >= 15 is 0 Å². The number of aryl methyl sites for hydroxylation is 1. The lowest BCUT2D eigenvalue weighted by Crippen LogP contribution is -2.40. The van der Waals surface area contributed by atoms with Crippen LogP contribution < -0.4 is 10.0 Å². The number of rotatable bonds is 5. The van der Waals surface area contributed by atoms with Gasteiger partial charge in [0.2, 0.25) is 10.0 Å². The number of anilines is 1. The normalized spacial score (nSPS) is 12.0. The van der Waals surface area contributed by atoms with E-state index in [1.807, 2.05) is 30.5 Å². The van der Waals surface area contributed by atoms with Crippen molar-refractivity contribution in [2.24, 2.45) is 0 Å². The smallest absolute Gasteiger partial charge is 0.256 e. The van der Waals surface area contributed by atoms with Crippen LogP contribution in [0.15, 0.2) is 52.3 Å². The topological polar surface area (TPSA) is 75.3 Å². The molecule has 0 atom stereocenters. The summed E-state index contributed by atoms with van der Waals surface area (Å²) < 4.78 is 27.7. The van der Waals surface area contributed by atoms with Gasteiger partial charge in [-0.05, 0) is 63.8 Å². The molecule has 0 saturated heterocycles. The molecule has 0 saturated carbocycles. The van der Waals surface area contributed by atoms with Crippen molar-refractivity contribution in [3.8, 4) is 0 Å². The predicted molar refractivity (Wildman–Crippen MR) is 107 cm³/mol. The summed E-state index contributed by atoms with van der Waals surface area (Å²) in [7, 11) is -3.71. The highest BCUT2D eigenvalue weighted by atomic mass is 32.2. The Labute approximate surface area is 159 Å². The van der Waals surface area contributed by atoms with Crippen LogP contribution in [0.1, 0.15) is 36.7 Å². The zero-order chi connectivity index (χ0) is 19.5. The third kappa shape index (κ3) is 5.09. The molecule has 0 radical (unpaired) electrons. The summed E-state index contributed by atoms with van der Waals surface area (Å²) in [6, 6.07) is 12.1. The minimum atomic E-state index is -3.71. The van der Waals surface area contributed by atoms with Crippen molar-refractivity contribution in [1.82, 2.24) is 4.72 Å². The standard InChI is InChI=1S/C19H24N2O3S2/c1-13-10-11-14(26(23,24)21-19(2,3)4)12-15(13)18(22)20-16-8-6-7-9-17(16)25-5/h6-12,21H,1-5H3,(H,20,22). The van der Waals surface area contributed by atoms with Crippen LogP contribution >= 0.6 is 11.8 Å². The molecule has 2 aromatic rings. The molecule has 140 valence electrons. The van der Waals surface area contributed by atoms with Crippen LogP contribution in [0.25, 0.3) is 0 Å². The van der Waals surface area contributed by atoms with Crippen molar-refractivity contribution in [2.45, 2.75) is 43.0 Å². The Kier molecular flexibility index (Phi) is 6.16. The van der Waals surface area contributed by atoms with Gasteiger partial charge < -0.3 is 5.32 Å². The Morgan fingerprint density at radius 1 is 1.08 bits per heavy atom. The van der Waals surface area contributed by atoms with Gasteiger partial charge in [-0.2, -0.15) is 0 Å². The molecule has 0 heterocycles. The summed E-state index contributed by atoms with van der Waals surface area (Å²) >= 11 is 1.53. The molecule has 0 aromatic heterocycles. The highest BCUT2D eigenvalue weighted by molar-refractivity contribution is 7.98. The van der Waals surface area contributed by atoms with Crippen LogP contribution in [-0.2, 0) is 10.0 Å². The fourth-order valence-corrected chi connectivity index (χ4v) is 4.41. The maximum atomic E-state index is 12.7. The number of carbonyl (C=O) groups excluding carboxylic acids is 1. The van der Waals surface area contributed by atoms with Crippen molar-refractivity contribution in [2.75, 3.05) is 11.6 Å². The average Bonchev–Trinajstić information content (AvgIpc) is 2.53. The van der Waals surface area contributed by atoms with Crippen LogP contribution in [0.2, 0.25) is 0 Å². The summed E-state index contributed by atoms with van der Waals surface area (Å²) in [6.07, 6.45) is 1.93. The lowest BCUT2D eigenvalue weighted by atomic mass is 10.1. The Bertz CT molecular complexity index is 917. The number of benzene rings is 2. The SMILES string of the molecule is CSc1ccccc1NC(=O)c1cc(S(=O)(=O)NC(C)(C)C)ccc1C. The zero-order valence-corrected chi connectivity index (χ0v) is 17.2. The lowest BCUT2D eigenvalue weighted by Gasteiger charge is -2.20. The molecule has 7 heteroatoms. The van der Waals surface area contributed by atoms with Gasteiger partial charge in [0.15, 0.2) is 0 Å². The first-order valence-electron chi connectivity index (χ1n) is 8.12. The van der Waals surface area contributed by atoms with E-state index in [1.165, 1.54) is 23.9 Å². The van der Waals surface area contributed by atoms with Gasteiger partial charge in [-0.3, -0.25) is 4.79 Å². The Balaban J connectivity index is 2.36. The molecule has 0 bridgehead atoms. The van der Waals surface area contributed by atoms with Crippen LogP contribution in [0, 0.1) is 6.92 Å². The first kappa shape index (κ1) is 20.5. The van der Waals surface area contributed by atoms with E-state index in [-0.39, 0.29) is 10.8 Å². The van der Waals surface area contributed by atoms with Gasteiger partial charge >= 0.3 is 0 Å². The molecule has 0 fully saturated rings. The van der Waals surface area contributed by atoms with Gasteiger partial charge in [0.05, 0.1) is 10.6 Å². The van der Waals surface area contributed by atoms with E-state index < -0.39 is 15.6 Å². The number of amides is 1. The number of hydrogen-bond acceptors (Lipinski definition) is 4. The van der Waals surface area contributed by atoms with Crippen molar-refractivity contribution in [1.29, 1.82) is 0 Å². The van der Waals surface area contributed by atoms with Gasteiger partial charge in [0.1, 0.15) is 0 Å². The quantitative estimate of drug-likeness (QED) is 0.753. The largest absolute Gasteiger partial charge is 0.321 e. The highest BCUT2D eigenvalue weighted by Gasteiger charge is 2.23. The Morgan fingerprint density at radius 3 is 2.35 bits per heavy atom. The van der Waals surface area contributed by atoms with Crippen LogP contribution in [0.3, 0.4) is 0 Å². The highest BCUT2D eigenvalue weighted by Crippen LogP contribution is 2.26. The lowest BCUT2D eigenvalue weighted by molar-refractivity contribution is 0.102. The first-order chi connectivity index (χ1) is 12.0. The van der Waals surface area contributed by atoms with Crippen LogP contribution in [-0.4, -0.2) is 26.1 Å². The molecule has 2 rings (SSSR count). The Morgan fingerprint density at radius 2 is 1.73 bits per heavy atom. The number of carbonyl (C=O) groups is 1. The maximum Gasteiger partial charge on any atom is 0.256 e. The molecule has 0 spiro atoms. The summed E-state index contributed by atoms with van der Waals surface area (Å²) in [5, 5.41) is 2.87. The summed E-state index contributed by atoms with van der Waals surface area (Å²) in [5.74, 6) is -0.336. The fourth-order valence-electron chi connectivity index (χ4n) is 2.41. The summed E-state index contributed by atoms with van der Waals surface area (Å²) in [5.41, 5.74) is 1.13. The van der Waals surface area contributed by atoms with Gasteiger partial charge in [-0.1, -0.05) is 18.2 Å². The molecule has 0 aliphatic rings. The van der Waals surface area contributed by atoms with Crippen LogP contribution in [0.4, 0.5) is 5.69 Å². The predicted octanol–water partition coefficient (Wildman–Crippen LogP) is 4.05. The molecular formula is C19H24N2O3S2. The second-order valence-electron chi connectivity index (χ2n) is 6.99. The first-order valence-corrected chi connectivity index (χ1v) is 10.8. The molecule has 0 unspecified atom stereocenters. The number of para-hydroxylation sites is 1.